The van der Waals surface area contributed by atoms with Gasteiger partial charge in [0.25, 0.3) is 0 Å². The van der Waals surface area contributed by atoms with Gasteiger partial charge in [0.2, 0.25) is 0 Å². The fourth-order valence-corrected chi connectivity index (χ4v) is 2.37. The molecule has 0 aromatic rings. The van der Waals surface area contributed by atoms with Crippen molar-refractivity contribution in [3.63, 3.8) is 0 Å². The monoisotopic (exact) mass is 199 g/mol. The van der Waals surface area contributed by atoms with Crippen LogP contribution in [0, 0.1) is 0 Å². The zero-order chi connectivity index (χ0) is 10.8. The van der Waals surface area contributed by atoms with Gasteiger partial charge in [0, 0.05) is 18.6 Å². The largest absolute Gasteiger partial charge is 0.390 e. The number of hydrogen-bond acceptors (Lipinski definition) is 2. The van der Waals surface area contributed by atoms with E-state index in [-0.39, 0.29) is 0 Å². The normalized spacial score (nSPS) is 29.8. The molecule has 1 heterocycles. The van der Waals surface area contributed by atoms with Gasteiger partial charge in [-0.1, -0.05) is 6.92 Å². The van der Waals surface area contributed by atoms with Crippen molar-refractivity contribution in [2.24, 2.45) is 0 Å². The Labute approximate surface area is 88.3 Å². The Morgan fingerprint density at radius 2 is 2.00 bits per heavy atom. The van der Waals surface area contributed by atoms with Crippen molar-refractivity contribution in [3.8, 4) is 0 Å². The molecule has 0 saturated carbocycles. The van der Waals surface area contributed by atoms with E-state index in [2.05, 4.69) is 18.7 Å². The third kappa shape index (κ3) is 3.25. The fraction of sp³-hybridized carbons (Fsp3) is 1.00. The molecular weight excluding hydrogens is 174 g/mol. The van der Waals surface area contributed by atoms with E-state index < -0.39 is 5.60 Å². The maximum Gasteiger partial charge on any atom is 0.0603 e. The molecule has 2 nitrogen and oxygen atoms in total. The topological polar surface area (TPSA) is 23.5 Å². The zero-order valence-corrected chi connectivity index (χ0v) is 10.1. The summed E-state index contributed by atoms with van der Waals surface area (Å²) >= 11 is 0. The summed E-state index contributed by atoms with van der Waals surface area (Å²) < 4.78 is 0. The van der Waals surface area contributed by atoms with E-state index in [0.717, 1.165) is 19.0 Å². The highest BCUT2D eigenvalue weighted by molar-refractivity contribution is 4.85. The summed E-state index contributed by atoms with van der Waals surface area (Å²) in [5.74, 6) is 0. The van der Waals surface area contributed by atoms with Gasteiger partial charge < -0.3 is 5.11 Å². The Hall–Kier alpha value is -0.0800. The summed E-state index contributed by atoms with van der Waals surface area (Å²) in [4.78, 5) is 2.57. The second-order valence-corrected chi connectivity index (χ2v) is 5.29. The molecule has 84 valence electrons. The molecule has 0 bridgehead atoms. The van der Waals surface area contributed by atoms with Crippen LogP contribution in [0.1, 0.15) is 53.4 Å². The van der Waals surface area contributed by atoms with E-state index in [0.29, 0.717) is 6.04 Å². The highest BCUT2D eigenvalue weighted by Crippen LogP contribution is 2.26. The fourth-order valence-electron chi connectivity index (χ4n) is 2.37. The smallest absolute Gasteiger partial charge is 0.0603 e. The van der Waals surface area contributed by atoms with Gasteiger partial charge in [-0.2, -0.15) is 0 Å². The van der Waals surface area contributed by atoms with Crippen LogP contribution in [-0.4, -0.2) is 34.2 Å². The van der Waals surface area contributed by atoms with Crippen molar-refractivity contribution >= 4 is 0 Å². The van der Waals surface area contributed by atoms with Gasteiger partial charge >= 0.3 is 0 Å². The lowest BCUT2D eigenvalue weighted by Crippen LogP contribution is -2.38. The number of rotatable bonds is 4. The van der Waals surface area contributed by atoms with Crippen LogP contribution in [0.3, 0.4) is 0 Å². The molecule has 0 aromatic carbocycles. The first-order valence-electron chi connectivity index (χ1n) is 5.92. The summed E-state index contributed by atoms with van der Waals surface area (Å²) in [5, 5.41) is 9.70. The summed E-state index contributed by atoms with van der Waals surface area (Å²) in [5.41, 5.74) is -0.513. The predicted molar refractivity (Wildman–Crippen MR) is 60.4 cm³/mol. The quantitative estimate of drug-likeness (QED) is 0.751. The summed E-state index contributed by atoms with van der Waals surface area (Å²) in [6.45, 7) is 9.41. The van der Waals surface area contributed by atoms with Gasteiger partial charge in [0.05, 0.1) is 5.60 Å². The molecule has 1 rings (SSSR count). The van der Waals surface area contributed by atoms with Crippen LogP contribution < -0.4 is 0 Å². The average Bonchev–Trinajstić information content (AvgIpc) is 2.41. The molecule has 2 heteroatoms. The Balaban J connectivity index is 2.41. The minimum absolute atomic E-state index is 0.513. The van der Waals surface area contributed by atoms with Crippen molar-refractivity contribution in [1.29, 1.82) is 0 Å². The second-order valence-electron chi connectivity index (χ2n) is 5.29. The lowest BCUT2D eigenvalue weighted by atomic mass is 10.0. The van der Waals surface area contributed by atoms with Crippen molar-refractivity contribution in [1.82, 2.24) is 4.90 Å². The van der Waals surface area contributed by atoms with Crippen LogP contribution in [0.4, 0.5) is 0 Å². The molecule has 14 heavy (non-hydrogen) atoms. The molecule has 1 N–H and O–H groups in total. The van der Waals surface area contributed by atoms with Gasteiger partial charge in [-0.05, 0) is 46.5 Å². The highest BCUT2D eigenvalue weighted by Gasteiger charge is 2.29. The van der Waals surface area contributed by atoms with Crippen molar-refractivity contribution in [3.05, 3.63) is 0 Å². The molecule has 1 fully saturated rings. The van der Waals surface area contributed by atoms with E-state index in [1.54, 1.807) is 0 Å². The number of aliphatic hydroxyl groups is 1. The maximum atomic E-state index is 9.70. The molecule has 0 aliphatic carbocycles. The van der Waals surface area contributed by atoms with E-state index >= 15 is 0 Å². The number of nitrogens with zero attached hydrogens (tertiary/aromatic N) is 1. The third-order valence-electron chi connectivity index (χ3n) is 3.41. The van der Waals surface area contributed by atoms with Crippen molar-refractivity contribution in [2.75, 3.05) is 6.54 Å². The van der Waals surface area contributed by atoms with Gasteiger partial charge in [-0.25, -0.2) is 0 Å². The third-order valence-corrected chi connectivity index (χ3v) is 3.41. The molecule has 2 unspecified atom stereocenters. The first kappa shape index (κ1) is 12.0. The second kappa shape index (κ2) is 4.63. The summed E-state index contributed by atoms with van der Waals surface area (Å²) in [6, 6.07) is 1.47. The Bertz CT molecular complexity index is 174. The van der Waals surface area contributed by atoms with E-state index in [4.69, 9.17) is 0 Å². The average molecular weight is 199 g/mol. The maximum absolute atomic E-state index is 9.70. The van der Waals surface area contributed by atoms with Crippen LogP contribution >= 0.6 is 0 Å². The first-order valence-corrected chi connectivity index (χ1v) is 5.92. The van der Waals surface area contributed by atoms with E-state index in [1.807, 2.05) is 13.8 Å². The Kier molecular flexibility index (Phi) is 3.96. The van der Waals surface area contributed by atoms with Crippen LogP contribution in [0.2, 0.25) is 0 Å². The molecule has 0 spiro atoms. The minimum atomic E-state index is -0.513. The van der Waals surface area contributed by atoms with Crippen LogP contribution in [0.25, 0.3) is 0 Å². The first-order chi connectivity index (χ1) is 6.44. The molecule has 1 saturated heterocycles. The summed E-state index contributed by atoms with van der Waals surface area (Å²) in [7, 11) is 0. The zero-order valence-electron chi connectivity index (χ0n) is 10.1. The molecule has 1 aliphatic heterocycles. The number of likely N-dealkylation sites (tertiary alicyclic amines) is 1. The van der Waals surface area contributed by atoms with E-state index in [1.165, 1.54) is 19.3 Å². The lowest BCUT2D eigenvalue weighted by molar-refractivity contribution is 0.0504. The van der Waals surface area contributed by atoms with Gasteiger partial charge in [-0.15, -0.1) is 0 Å². The van der Waals surface area contributed by atoms with Crippen molar-refractivity contribution < 1.29 is 5.11 Å². The van der Waals surface area contributed by atoms with Crippen molar-refractivity contribution in [2.45, 2.75) is 71.1 Å². The van der Waals surface area contributed by atoms with Gasteiger partial charge in [0.1, 0.15) is 0 Å². The SMILES string of the molecule is CCC1CCC(C)N1CCC(C)(C)O. The van der Waals surface area contributed by atoms with Crippen LogP contribution in [0.5, 0.6) is 0 Å². The Morgan fingerprint density at radius 3 is 2.50 bits per heavy atom. The molecular formula is C12H25NO. The highest BCUT2D eigenvalue weighted by atomic mass is 16.3. The minimum Gasteiger partial charge on any atom is -0.390 e. The van der Waals surface area contributed by atoms with Crippen LogP contribution in [0.15, 0.2) is 0 Å². The molecule has 2 atom stereocenters. The standard InChI is InChI=1S/C12H25NO/c1-5-11-7-6-10(2)13(11)9-8-12(3,4)14/h10-11,14H,5-9H2,1-4H3. The summed E-state index contributed by atoms with van der Waals surface area (Å²) in [6.07, 6.45) is 4.79. The lowest BCUT2D eigenvalue weighted by Gasteiger charge is -2.30. The molecule has 0 amide bonds. The Morgan fingerprint density at radius 1 is 1.36 bits per heavy atom. The van der Waals surface area contributed by atoms with Gasteiger partial charge in [0.15, 0.2) is 0 Å². The van der Waals surface area contributed by atoms with Gasteiger partial charge in [-0.3, -0.25) is 4.90 Å². The van der Waals surface area contributed by atoms with Crippen LogP contribution in [-0.2, 0) is 0 Å². The molecule has 1 aliphatic rings. The predicted octanol–water partition coefficient (Wildman–Crippen LogP) is 2.41. The van der Waals surface area contributed by atoms with E-state index in [9.17, 15) is 5.11 Å². The molecule has 0 radical (unpaired) electrons. The molecule has 0 aromatic heterocycles. The number of hydrogen-bond donors (Lipinski definition) is 1.